The van der Waals surface area contributed by atoms with E-state index in [2.05, 4.69) is 9.46 Å². The molecule has 0 saturated carbocycles. The molecule has 2 aromatic rings. The van der Waals surface area contributed by atoms with E-state index in [1.165, 1.54) is 43.5 Å². The van der Waals surface area contributed by atoms with Crippen molar-refractivity contribution in [1.82, 2.24) is 0 Å². The second-order valence-electron chi connectivity index (χ2n) is 4.69. The first-order chi connectivity index (χ1) is 11.7. The Morgan fingerprint density at radius 1 is 1.04 bits per heavy atom. The minimum Gasteiger partial charge on any atom is -0.480 e. The largest absolute Gasteiger partial charge is 0.480 e. The van der Waals surface area contributed by atoms with Crippen LogP contribution in [0.1, 0.15) is 0 Å². The molecule has 25 heavy (non-hydrogen) atoms. The van der Waals surface area contributed by atoms with Crippen LogP contribution in [0.2, 0.25) is 15.1 Å². The number of rotatable bonds is 6. The zero-order valence-electron chi connectivity index (χ0n) is 12.8. The first-order valence-electron chi connectivity index (χ1n) is 6.70. The Bertz CT molecular complexity index is 902. The van der Waals surface area contributed by atoms with Crippen molar-refractivity contribution in [3.63, 3.8) is 0 Å². The highest BCUT2D eigenvalue weighted by Gasteiger charge is 2.17. The lowest BCUT2D eigenvalue weighted by molar-refractivity contribution is -0.142. The SMILES string of the molecule is COC(=O)COc1ccc(S(=O)(=O)Nc2ccc(Cl)c(Cl)c2)cc1Cl. The van der Waals surface area contributed by atoms with Gasteiger partial charge in [0.25, 0.3) is 10.0 Å². The third-order valence-corrected chi connectivity index (χ3v) is 5.37. The molecule has 0 aliphatic rings. The number of nitrogens with one attached hydrogen (secondary N) is 1. The van der Waals surface area contributed by atoms with Gasteiger partial charge in [0.15, 0.2) is 6.61 Å². The number of carbonyl (C=O) groups is 1. The predicted molar refractivity (Wildman–Crippen MR) is 96.2 cm³/mol. The fourth-order valence-corrected chi connectivity index (χ4v) is 3.41. The van der Waals surface area contributed by atoms with E-state index in [1.54, 1.807) is 0 Å². The van der Waals surface area contributed by atoms with Gasteiger partial charge >= 0.3 is 5.97 Å². The number of anilines is 1. The van der Waals surface area contributed by atoms with Crippen LogP contribution in [0.4, 0.5) is 5.69 Å². The Hall–Kier alpha value is -1.67. The molecule has 0 aliphatic heterocycles. The molecule has 134 valence electrons. The molecular formula is C15H12Cl3NO5S. The summed E-state index contributed by atoms with van der Waals surface area (Å²) in [6.45, 7) is -0.343. The van der Waals surface area contributed by atoms with Crippen LogP contribution >= 0.6 is 34.8 Å². The highest BCUT2D eigenvalue weighted by Crippen LogP contribution is 2.30. The number of hydrogen-bond acceptors (Lipinski definition) is 5. The van der Waals surface area contributed by atoms with Gasteiger partial charge in [-0.25, -0.2) is 13.2 Å². The van der Waals surface area contributed by atoms with E-state index in [9.17, 15) is 13.2 Å². The molecule has 1 N–H and O–H groups in total. The summed E-state index contributed by atoms with van der Waals surface area (Å²) in [5.41, 5.74) is 0.247. The molecule has 0 fully saturated rings. The zero-order chi connectivity index (χ0) is 18.6. The number of halogens is 3. The average Bonchev–Trinajstić information content (AvgIpc) is 2.56. The Morgan fingerprint density at radius 2 is 1.76 bits per heavy atom. The van der Waals surface area contributed by atoms with Crippen molar-refractivity contribution < 1.29 is 22.7 Å². The number of esters is 1. The first kappa shape index (κ1) is 19.7. The minimum atomic E-state index is -3.90. The molecule has 0 atom stereocenters. The first-order valence-corrected chi connectivity index (χ1v) is 9.31. The standard InChI is InChI=1S/C15H12Cl3NO5S/c1-23-15(20)8-24-14-5-3-10(7-13(14)18)25(21,22)19-9-2-4-11(16)12(17)6-9/h2-7,19H,8H2,1H3. The van der Waals surface area contributed by atoms with Crippen molar-refractivity contribution in [2.24, 2.45) is 0 Å². The van der Waals surface area contributed by atoms with Gasteiger partial charge in [0, 0.05) is 0 Å². The summed E-state index contributed by atoms with van der Waals surface area (Å²) in [6, 6.07) is 8.16. The van der Waals surface area contributed by atoms with Crippen molar-refractivity contribution in [1.29, 1.82) is 0 Å². The molecule has 0 radical (unpaired) electrons. The molecule has 0 unspecified atom stereocenters. The van der Waals surface area contributed by atoms with Gasteiger partial charge in [-0.05, 0) is 36.4 Å². The number of benzene rings is 2. The fourth-order valence-electron chi connectivity index (χ4n) is 1.74. The maximum absolute atomic E-state index is 12.4. The van der Waals surface area contributed by atoms with Crippen LogP contribution in [0.25, 0.3) is 0 Å². The van der Waals surface area contributed by atoms with Gasteiger partial charge in [-0.3, -0.25) is 4.72 Å². The number of sulfonamides is 1. The van der Waals surface area contributed by atoms with Gasteiger partial charge in [-0.1, -0.05) is 34.8 Å². The molecule has 0 heterocycles. The quantitative estimate of drug-likeness (QED) is 0.709. The van der Waals surface area contributed by atoms with E-state index in [1.807, 2.05) is 0 Å². The van der Waals surface area contributed by atoms with Gasteiger partial charge in [0.1, 0.15) is 5.75 Å². The molecular weight excluding hydrogens is 413 g/mol. The van der Waals surface area contributed by atoms with E-state index in [4.69, 9.17) is 39.5 Å². The van der Waals surface area contributed by atoms with E-state index >= 15 is 0 Å². The normalized spacial score (nSPS) is 11.0. The Balaban J connectivity index is 2.20. The van der Waals surface area contributed by atoms with Gasteiger partial charge < -0.3 is 9.47 Å². The van der Waals surface area contributed by atoms with Crippen molar-refractivity contribution in [3.8, 4) is 5.75 Å². The molecule has 2 rings (SSSR count). The van der Waals surface area contributed by atoms with Crippen LogP contribution < -0.4 is 9.46 Å². The second-order valence-corrected chi connectivity index (χ2v) is 7.60. The third kappa shape index (κ3) is 5.15. The average molecular weight is 425 g/mol. The summed E-state index contributed by atoms with van der Waals surface area (Å²) in [5.74, 6) is -0.436. The van der Waals surface area contributed by atoms with E-state index in [-0.39, 0.29) is 33.0 Å². The van der Waals surface area contributed by atoms with Crippen LogP contribution in [-0.2, 0) is 19.6 Å². The van der Waals surface area contributed by atoms with Crippen LogP contribution in [0.5, 0.6) is 5.75 Å². The molecule has 2 aromatic carbocycles. The van der Waals surface area contributed by atoms with Crippen molar-refractivity contribution in [2.75, 3.05) is 18.4 Å². The smallest absolute Gasteiger partial charge is 0.343 e. The number of ether oxygens (including phenoxy) is 2. The number of carbonyl (C=O) groups excluding carboxylic acids is 1. The van der Waals surface area contributed by atoms with Crippen LogP contribution in [-0.4, -0.2) is 28.1 Å². The van der Waals surface area contributed by atoms with E-state index in [0.29, 0.717) is 5.02 Å². The van der Waals surface area contributed by atoms with Crippen molar-refractivity contribution in [2.45, 2.75) is 4.90 Å². The molecule has 0 saturated heterocycles. The monoisotopic (exact) mass is 423 g/mol. The lowest BCUT2D eigenvalue weighted by Gasteiger charge is -2.11. The molecule has 6 nitrogen and oxygen atoms in total. The second kappa shape index (κ2) is 8.14. The summed E-state index contributed by atoms with van der Waals surface area (Å²) in [6.07, 6.45) is 0. The maximum Gasteiger partial charge on any atom is 0.343 e. The molecule has 10 heteroatoms. The summed E-state index contributed by atoms with van der Waals surface area (Å²) >= 11 is 17.7. The zero-order valence-corrected chi connectivity index (χ0v) is 15.8. The number of hydrogen-bond donors (Lipinski definition) is 1. The molecule has 0 amide bonds. The van der Waals surface area contributed by atoms with Crippen molar-refractivity contribution >= 4 is 56.5 Å². The van der Waals surface area contributed by atoms with Crippen LogP contribution in [0, 0.1) is 0 Å². The van der Waals surface area contributed by atoms with Gasteiger partial charge in [-0.15, -0.1) is 0 Å². The maximum atomic E-state index is 12.4. The summed E-state index contributed by atoms with van der Waals surface area (Å²) < 4.78 is 36.8. The summed E-state index contributed by atoms with van der Waals surface area (Å²) in [4.78, 5) is 11.0. The minimum absolute atomic E-state index is 0.0286. The molecule has 0 spiro atoms. The lowest BCUT2D eigenvalue weighted by Crippen LogP contribution is -2.14. The highest BCUT2D eigenvalue weighted by atomic mass is 35.5. The molecule has 0 bridgehead atoms. The fraction of sp³-hybridized carbons (Fsp3) is 0.133. The molecule has 0 aliphatic carbocycles. The summed E-state index contributed by atoms with van der Waals surface area (Å²) in [5, 5.41) is 0.548. The lowest BCUT2D eigenvalue weighted by atomic mass is 10.3. The third-order valence-electron chi connectivity index (χ3n) is 2.96. The topological polar surface area (TPSA) is 81.7 Å². The van der Waals surface area contributed by atoms with Crippen LogP contribution in [0.15, 0.2) is 41.3 Å². The van der Waals surface area contributed by atoms with E-state index in [0.717, 1.165) is 0 Å². The van der Waals surface area contributed by atoms with Crippen molar-refractivity contribution in [3.05, 3.63) is 51.5 Å². The Morgan fingerprint density at radius 3 is 2.36 bits per heavy atom. The molecule has 0 aromatic heterocycles. The highest BCUT2D eigenvalue weighted by molar-refractivity contribution is 7.92. The Labute approximate surface area is 159 Å². The Kier molecular flexibility index (Phi) is 6.40. The van der Waals surface area contributed by atoms with Gasteiger partial charge in [0.05, 0.1) is 32.8 Å². The van der Waals surface area contributed by atoms with Gasteiger partial charge in [0.2, 0.25) is 0 Å². The van der Waals surface area contributed by atoms with Gasteiger partial charge in [-0.2, -0.15) is 0 Å². The number of methoxy groups -OCH3 is 1. The summed E-state index contributed by atoms with van der Waals surface area (Å²) in [7, 11) is -2.68. The van der Waals surface area contributed by atoms with E-state index < -0.39 is 16.0 Å². The van der Waals surface area contributed by atoms with Crippen LogP contribution in [0.3, 0.4) is 0 Å². The predicted octanol–water partition coefficient (Wildman–Crippen LogP) is 4.00.